The number of pyridine rings is 2. The molecule has 2 heterocycles. The van der Waals surface area contributed by atoms with Gasteiger partial charge in [0.15, 0.2) is 0 Å². The maximum atomic E-state index is 12.7. The summed E-state index contributed by atoms with van der Waals surface area (Å²) >= 11 is -1.39. The minimum absolute atomic E-state index is 0.697. The van der Waals surface area contributed by atoms with Crippen molar-refractivity contribution in [1.82, 2.24) is 9.97 Å². The van der Waals surface area contributed by atoms with Crippen molar-refractivity contribution >= 4 is 56.6 Å². The fourth-order valence-electron chi connectivity index (χ4n) is 1.69. The van der Waals surface area contributed by atoms with Gasteiger partial charge in [-0.1, -0.05) is 0 Å². The molecule has 34 heavy (non-hydrogen) atoms. The molecule has 18 heteroatoms. The largest absolute Gasteiger partial charge is 0.387 e. The molecule has 0 saturated carbocycles. The smallest absolute Gasteiger partial charge is 0.265 e. The Hall–Kier alpha value is -1.48. The van der Waals surface area contributed by atoms with Crippen molar-refractivity contribution in [3.8, 4) is 0 Å². The van der Waals surface area contributed by atoms with E-state index in [9.17, 15) is 52.7 Å². The molecule has 190 valence electrons. The van der Waals surface area contributed by atoms with Crippen LogP contribution in [0.3, 0.4) is 0 Å². The Balaban J connectivity index is 0.000000358. The molecule has 4 nitrogen and oxygen atoms in total. The van der Waals surface area contributed by atoms with E-state index >= 15 is 0 Å². The van der Waals surface area contributed by atoms with Crippen LogP contribution in [-0.2, 0) is 0 Å². The Morgan fingerprint density at radius 3 is 0.912 bits per heavy atom. The second-order valence-corrected chi connectivity index (χ2v) is 8.61. The van der Waals surface area contributed by atoms with E-state index in [0.29, 0.717) is 0 Å². The highest BCUT2D eigenvalue weighted by Crippen LogP contribution is 2.62. The highest BCUT2D eigenvalue weighted by atomic mass is 127. The number of hydrogen-bond donors (Lipinski definition) is 0. The van der Waals surface area contributed by atoms with Gasteiger partial charge in [0, 0.05) is 70.0 Å². The summed E-state index contributed by atoms with van der Waals surface area (Å²) in [7, 11) is 0. The number of alkyl halides is 14. The van der Waals surface area contributed by atoms with Crippen LogP contribution < -0.4 is 0 Å². The van der Waals surface area contributed by atoms with E-state index in [0.717, 1.165) is 11.4 Å². The molecule has 0 atom stereocenters. The molecule has 0 amide bonds. The van der Waals surface area contributed by atoms with Gasteiger partial charge in [0.1, 0.15) is 0 Å². The summed E-state index contributed by atoms with van der Waals surface area (Å²) < 4.78 is 138. The lowest BCUT2D eigenvalue weighted by Gasteiger charge is -2.39. The van der Waals surface area contributed by atoms with Crippen LogP contribution in [-0.4, -0.2) is 41.5 Å². The summed E-state index contributed by atoms with van der Waals surface area (Å²) in [4.78, 5) is 7.78. The lowest BCUT2D eigenvalue weighted by Crippen LogP contribution is -2.68. The molecular weight excluding hydrogens is 730 g/mol. The second-order valence-electron chi connectivity index (χ2n) is 5.90. The zero-order chi connectivity index (χ0) is 26.6. The second kappa shape index (κ2) is 10.6. The third kappa shape index (κ3) is 6.39. The van der Waals surface area contributed by atoms with Crippen molar-refractivity contribution < 1.29 is 52.7 Å². The number of azo groups is 1. The summed E-state index contributed by atoms with van der Waals surface area (Å²) in [5.74, 6) is -28.9. The van der Waals surface area contributed by atoms with E-state index in [1.54, 1.807) is 49.1 Å². The van der Waals surface area contributed by atoms with Gasteiger partial charge in [-0.05, 0) is 24.3 Å². The van der Waals surface area contributed by atoms with Crippen molar-refractivity contribution in [2.45, 2.75) is 31.5 Å². The van der Waals surface area contributed by atoms with Crippen molar-refractivity contribution in [3.63, 3.8) is 0 Å². The van der Waals surface area contributed by atoms with Gasteiger partial charge in [-0.25, -0.2) is 0 Å². The normalized spacial score (nSPS) is 14.1. The standard InChI is InChI=1S/C10H8N4.C6F12I2/c1-5-11-6-2-9(1)13-14-10-3-7-12-8-4-10;7-1(8,3(11,12)5(15,16)19)2(9,10)4(13,14)6(17,18)20/h1-8H;. The summed E-state index contributed by atoms with van der Waals surface area (Å²) in [6.07, 6.45) is 6.73. The van der Waals surface area contributed by atoms with Gasteiger partial charge in [-0.15, -0.1) is 0 Å². The molecule has 0 spiro atoms. The van der Waals surface area contributed by atoms with Crippen molar-refractivity contribution in [1.29, 1.82) is 0 Å². The maximum absolute atomic E-state index is 12.7. The highest BCUT2D eigenvalue weighted by molar-refractivity contribution is 14.1. The predicted molar refractivity (Wildman–Crippen MR) is 110 cm³/mol. The highest BCUT2D eigenvalue weighted by Gasteiger charge is 2.89. The molecule has 0 radical (unpaired) electrons. The first-order chi connectivity index (χ1) is 15.2. The van der Waals surface area contributed by atoms with Crippen LogP contribution in [0.4, 0.5) is 64.1 Å². The third-order valence-corrected chi connectivity index (χ3v) is 4.86. The number of rotatable bonds is 7. The number of nitrogens with zero attached hydrogens (tertiary/aromatic N) is 4. The molecule has 0 bridgehead atoms. The molecular formula is C16H8F12I2N4. The molecule has 0 aliphatic carbocycles. The fraction of sp³-hybridized carbons (Fsp3) is 0.375. The van der Waals surface area contributed by atoms with Gasteiger partial charge in [-0.3, -0.25) is 9.97 Å². The minimum Gasteiger partial charge on any atom is -0.265 e. The number of hydrogen-bond acceptors (Lipinski definition) is 4. The van der Waals surface area contributed by atoms with E-state index in [1.807, 2.05) is 0 Å². The quantitative estimate of drug-likeness (QED) is 0.124. The van der Waals surface area contributed by atoms with Crippen LogP contribution in [0.25, 0.3) is 0 Å². The van der Waals surface area contributed by atoms with Crippen LogP contribution in [0, 0.1) is 0 Å². The SMILES string of the molecule is FC(F)(I)C(F)(F)C(F)(F)C(F)(F)C(F)(F)C(F)(F)I.c1cc(N=Nc2ccncc2)ccn1. The van der Waals surface area contributed by atoms with Gasteiger partial charge >= 0.3 is 31.5 Å². The average molecular weight is 738 g/mol. The summed E-state index contributed by atoms with van der Waals surface area (Å²) in [6.45, 7) is 0. The van der Waals surface area contributed by atoms with E-state index in [1.165, 1.54) is 0 Å². The molecule has 0 aromatic carbocycles. The first kappa shape index (κ1) is 30.6. The zero-order valence-electron chi connectivity index (χ0n) is 15.7. The Bertz CT molecular complexity index is 870. The molecule has 0 aliphatic heterocycles. The van der Waals surface area contributed by atoms with Gasteiger partial charge in [0.2, 0.25) is 0 Å². The van der Waals surface area contributed by atoms with Gasteiger partial charge in [0.25, 0.3) is 0 Å². The Morgan fingerprint density at radius 1 is 0.471 bits per heavy atom. The minimum atomic E-state index is -7.44. The van der Waals surface area contributed by atoms with Crippen LogP contribution in [0.5, 0.6) is 0 Å². The molecule has 2 aromatic rings. The first-order valence-electron chi connectivity index (χ1n) is 8.06. The summed E-state index contributed by atoms with van der Waals surface area (Å²) in [5, 5.41) is 8.07. The third-order valence-electron chi connectivity index (χ3n) is 3.50. The summed E-state index contributed by atoms with van der Waals surface area (Å²) in [5.41, 5.74) is 1.58. The topological polar surface area (TPSA) is 50.5 Å². The monoisotopic (exact) mass is 738 g/mol. The van der Waals surface area contributed by atoms with Crippen LogP contribution in [0.15, 0.2) is 59.3 Å². The predicted octanol–water partition coefficient (Wildman–Crippen LogP) is 8.48. The van der Waals surface area contributed by atoms with Crippen LogP contribution in [0.2, 0.25) is 0 Å². The van der Waals surface area contributed by atoms with Gasteiger partial charge in [-0.2, -0.15) is 62.9 Å². The van der Waals surface area contributed by atoms with E-state index in [4.69, 9.17) is 0 Å². The maximum Gasteiger partial charge on any atom is 0.387 e. The zero-order valence-corrected chi connectivity index (χ0v) is 20.0. The molecule has 0 saturated heterocycles. The fourth-order valence-corrected chi connectivity index (χ4v) is 2.36. The van der Waals surface area contributed by atoms with Crippen molar-refractivity contribution in [2.75, 3.05) is 0 Å². The van der Waals surface area contributed by atoms with E-state index < -0.39 is 76.7 Å². The Kier molecular flexibility index (Phi) is 9.56. The molecule has 0 fully saturated rings. The number of aromatic nitrogens is 2. The van der Waals surface area contributed by atoms with Gasteiger partial charge in [0.05, 0.1) is 11.4 Å². The Morgan fingerprint density at radius 2 is 0.706 bits per heavy atom. The summed E-state index contributed by atoms with van der Waals surface area (Å²) in [6, 6.07) is 7.19. The molecule has 0 N–H and O–H groups in total. The number of halogens is 14. The van der Waals surface area contributed by atoms with Crippen molar-refractivity contribution in [3.05, 3.63) is 49.1 Å². The molecule has 2 rings (SSSR count). The van der Waals surface area contributed by atoms with Crippen LogP contribution >= 0.6 is 45.2 Å². The Labute approximate surface area is 209 Å². The van der Waals surface area contributed by atoms with E-state index in [2.05, 4.69) is 20.2 Å². The van der Waals surface area contributed by atoms with Crippen molar-refractivity contribution in [2.24, 2.45) is 10.2 Å². The lowest BCUT2D eigenvalue weighted by atomic mass is 9.99. The van der Waals surface area contributed by atoms with E-state index in [-0.39, 0.29) is 0 Å². The molecule has 0 aliphatic rings. The van der Waals surface area contributed by atoms with Crippen LogP contribution in [0.1, 0.15) is 0 Å². The molecule has 2 aromatic heterocycles. The lowest BCUT2D eigenvalue weighted by molar-refractivity contribution is -0.401. The first-order valence-corrected chi connectivity index (χ1v) is 10.2. The average Bonchev–Trinajstić information content (AvgIpc) is 2.72. The van der Waals surface area contributed by atoms with Gasteiger partial charge < -0.3 is 0 Å². The molecule has 0 unspecified atom stereocenters.